The summed E-state index contributed by atoms with van der Waals surface area (Å²) in [6.07, 6.45) is -8.94. The van der Waals surface area contributed by atoms with Gasteiger partial charge in [0.15, 0.2) is 11.6 Å². The molecule has 0 spiro atoms. The first-order chi connectivity index (χ1) is 17.9. The van der Waals surface area contributed by atoms with Gasteiger partial charge >= 0.3 is 18.3 Å². The summed E-state index contributed by atoms with van der Waals surface area (Å²) in [4.78, 5) is 12.0. The molecular formula is C21H24F8N4O5S. The Balaban J connectivity index is 0.000000956. The normalized spacial score (nSPS) is 12.8. The quantitative estimate of drug-likeness (QED) is 0.224. The molecule has 18 heteroatoms. The number of hydrogen-bond donors (Lipinski definition) is 4. The average molecular weight is 596 g/mol. The van der Waals surface area contributed by atoms with Gasteiger partial charge in [0.2, 0.25) is 10.0 Å². The highest BCUT2D eigenvalue weighted by Gasteiger charge is 2.38. The summed E-state index contributed by atoms with van der Waals surface area (Å²) in [6.45, 7) is 1.93. The number of carboxylic acids is 1. The minimum absolute atomic E-state index is 0.0666. The summed E-state index contributed by atoms with van der Waals surface area (Å²) >= 11 is 0. The number of pyridine rings is 1. The number of benzene rings is 1. The number of nitrogens with zero attached hydrogens (tertiary/aromatic N) is 1. The van der Waals surface area contributed by atoms with E-state index < -0.39 is 62.2 Å². The lowest BCUT2D eigenvalue weighted by Gasteiger charge is -2.14. The van der Waals surface area contributed by atoms with E-state index in [-0.39, 0.29) is 25.5 Å². The number of anilines is 2. The third-order valence-corrected chi connectivity index (χ3v) is 5.99. The second-order valence-corrected chi connectivity index (χ2v) is 9.37. The van der Waals surface area contributed by atoms with Crippen molar-refractivity contribution in [3.8, 4) is 0 Å². The van der Waals surface area contributed by atoms with E-state index in [9.17, 15) is 43.5 Å². The van der Waals surface area contributed by atoms with Crippen molar-refractivity contribution in [1.29, 1.82) is 0 Å². The number of nitrogens with one attached hydrogen (secondary N) is 3. The molecule has 39 heavy (non-hydrogen) atoms. The van der Waals surface area contributed by atoms with Crippen LogP contribution in [0.4, 0.5) is 46.6 Å². The van der Waals surface area contributed by atoms with Crippen LogP contribution >= 0.6 is 0 Å². The van der Waals surface area contributed by atoms with Crippen LogP contribution in [0.3, 0.4) is 0 Å². The molecule has 0 saturated carbocycles. The Labute approximate surface area is 217 Å². The van der Waals surface area contributed by atoms with E-state index in [1.165, 1.54) is 13.2 Å². The molecule has 0 amide bonds. The Morgan fingerprint density at radius 3 is 2.03 bits per heavy atom. The number of aliphatic carboxylic acids is 1. The van der Waals surface area contributed by atoms with Crippen LogP contribution in [0.1, 0.15) is 18.9 Å². The maximum Gasteiger partial charge on any atom is 0.490 e. The number of ether oxygens (including phenoxy) is 1. The van der Waals surface area contributed by atoms with E-state index in [0.717, 1.165) is 6.07 Å². The molecule has 0 bridgehead atoms. The number of methoxy groups -OCH3 is 1. The van der Waals surface area contributed by atoms with Crippen LogP contribution in [0.5, 0.6) is 0 Å². The van der Waals surface area contributed by atoms with Gasteiger partial charge in [-0.1, -0.05) is 0 Å². The number of halogens is 8. The minimum Gasteiger partial charge on any atom is -0.475 e. The molecule has 1 aromatic heterocycles. The number of aromatic nitrogens is 1. The molecule has 0 aliphatic carbocycles. The van der Waals surface area contributed by atoms with Crippen LogP contribution in [0.25, 0.3) is 0 Å². The van der Waals surface area contributed by atoms with Crippen molar-refractivity contribution < 1.29 is 58.2 Å². The molecule has 2 aromatic rings. The minimum atomic E-state index is -5.08. The van der Waals surface area contributed by atoms with Crippen LogP contribution in [-0.4, -0.2) is 63.5 Å². The highest BCUT2D eigenvalue weighted by Crippen LogP contribution is 2.29. The van der Waals surface area contributed by atoms with E-state index in [4.69, 9.17) is 14.6 Å². The van der Waals surface area contributed by atoms with Gasteiger partial charge in [0, 0.05) is 32.9 Å². The second-order valence-electron chi connectivity index (χ2n) is 7.60. The van der Waals surface area contributed by atoms with Gasteiger partial charge < -0.3 is 20.5 Å². The summed E-state index contributed by atoms with van der Waals surface area (Å²) in [6, 6.07) is 3.47. The predicted molar refractivity (Wildman–Crippen MR) is 123 cm³/mol. The molecule has 1 aromatic carbocycles. The molecule has 4 N–H and O–H groups in total. The van der Waals surface area contributed by atoms with Crippen LogP contribution < -0.4 is 15.4 Å². The molecule has 2 rings (SSSR count). The van der Waals surface area contributed by atoms with Gasteiger partial charge in [0.1, 0.15) is 11.5 Å². The lowest BCUT2D eigenvalue weighted by Crippen LogP contribution is -2.31. The first kappa shape index (κ1) is 33.8. The fraction of sp³-hybridized carbons (Fsp3) is 0.429. The van der Waals surface area contributed by atoms with E-state index in [1.54, 1.807) is 6.92 Å². The lowest BCUT2D eigenvalue weighted by atomic mass is 10.2. The van der Waals surface area contributed by atoms with Crippen molar-refractivity contribution in [2.75, 3.05) is 37.4 Å². The molecule has 0 saturated heterocycles. The van der Waals surface area contributed by atoms with Gasteiger partial charge in [-0.25, -0.2) is 31.7 Å². The molecule has 0 aliphatic rings. The SMILES string of the molecule is COC(C)CNS(=O)(=O)c1cc(F)c(NCCCNc2ccc(C(F)(F)F)cn2)c(F)c1.O=C(O)C(F)(F)F. The maximum atomic E-state index is 14.3. The van der Waals surface area contributed by atoms with Gasteiger partial charge in [-0.3, -0.25) is 0 Å². The highest BCUT2D eigenvalue weighted by molar-refractivity contribution is 7.89. The number of sulfonamides is 1. The third-order valence-electron chi connectivity index (χ3n) is 4.58. The number of hydrogen-bond acceptors (Lipinski definition) is 7. The first-order valence-corrected chi connectivity index (χ1v) is 12.2. The topological polar surface area (TPSA) is 130 Å². The zero-order chi connectivity index (χ0) is 30.0. The molecular weight excluding hydrogens is 572 g/mol. The lowest BCUT2D eigenvalue weighted by molar-refractivity contribution is -0.192. The zero-order valence-corrected chi connectivity index (χ0v) is 21.1. The average Bonchev–Trinajstić information content (AvgIpc) is 2.83. The largest absolute Gasteiger partial charge is 0.490 e. The van der Waals surface area contributed by atoms with Crippen molar-refractivity contribution >= 4 is 27.5 Å². The predicted octanol–water partition coefficient (Wildman–Crippen LogP) is 4.24. The van der Waals surface area contributed by atoms with Crippen LogP contribution in [0.15, 0.2) is 35.4 Å². The standard InChI is InChI=1S/C19H23F5N4O3S.C2HF3O2/c1-12(31-2)10-28-32(29,30)14-8-15(20)18(16(21)9-14)26-7-3-6-25-17-5-4-13(11-27-17)19(22,23)24;3-2(4,5)1(6)7/h4-5,8-9,11-12,26,28H,3,6-7,10H2,1-2H3,(H,25,27);(H,6,7). The molecule has 0 radical (unpaired) electrons. The fourth-order valence-electron chi connectivity index (χ4n) is 2.45. The number of carboxylic acid groups (broad SMARTS) is 1. The third kappa shape index (κ3) is 11.6. The summed E-state index contributed by atoms with van der Waals surface area (Å²) in [5, 5.41) is 12.5. The van der Waals surface area contributed by atoms with E-state index >= 15 is 0 Å². The van der Waals surface area contributed by atoms with Crippen molar-refractivity contribution in [3.63, 3.8) is 0 Å². The molecule has 0 fully saturated rings. The number of alkyl halides is 6. The molecule has 220 valence electrons. The van der Waals surface area contributed by atoms with Crippen LogP contribution in [-0.2, 0) is 25.7 Å². The van der Waals surface area contributed by atoms with Crippen molar-refractivity contribution in [2.45, 2.75) is 36.7 Å². The summed E-state index contributed by atoms with van der Waals surface area (Å²) in [7, 11) is -2.73. The Morgan fingerprint density at radius 2 is 1.59 bits per heavy atom. The molecule has 0 aliphatic heterocycles. The van der Waals surface area contributed by atoms with Gasteiger partial charge in [-0.05, 0) is 37.6 Å². The summed E-state index contributed by atoms with van der Waals surface area (Å²) in [5.74, 6) is -4.70. The van der Waals surface area contributed by atoms with Crippen LogP contribution in [0, 0.1) is 11.6 Å². The monoisotopic (exact) mass is 596 g/mol. The molecule has 1 atom stereocenters. The van der Waals surface area contributed by atoms with E-state index in [0.29, 0.717) is 24.8 Å². The maximum absolute atomic E-state index is 14.3. The second kappa shape index (κ2) is 14.2. The Morgan fingerprint density at radius 1 is 1.05 bits per heavy atom. The fourth-order valence-corrected chi connectivity index (χ4v) is 3.59. The van der Waals surface area contributed by atoms with E-state index in [1.807, 2.05) is 0 Å². The summed E-state index contributed by atoms with van der Waals surface area (Å²) in [5.41, 5.74) is -1.36. The Bertz CT molecular complexity index is 1170. The van der Waals surface area contributed by atoms with E-state index in [2.05, 4.69) is 20.3 Å². The number of rotatable bonds is 11. The van der Waals surface area contributed by atoms with Crippen LogP contribution in [0.2, 0.25) is 0 Å². The van der Waals surface area contributed by atoms with Gasteiger partial charge in [-0.2, -0.15) is 26.3 Å². The highest BCUT2D eigenvalue weighted by atomic mass is 32.2. The van der Waals surface area contributed by atoms with Crippen molar-refractivity contribution in [1.82, 2.24) is 9.71 Å². The number of carbonyl (C=O) groups is 1. The van der Waals surface area contributed by atoms with Crippen molar-refractivity contribution in [3.05, 3.63) is 47.7 Å². The smallest absolute Gasteiger partial charge is 0.475 e. The molecule has 1 heterocycles. The van der Waals surface area contributed by atoms with Crippen molar-refractivity contribution in [2.24, 2.45) is 0 Å². The summed E-state index contributed by atoms with van der Waals surface area (Å²) < 4.78 is 129. The molecule has 1 unspecified atom stereocenters. The Kier molecular flexibility index (Phi) is 12.3. The first-order valence-electron chi connectivity index (χ1n) is 10.7. The van der Waals surface area contributed by atoms with Gasteiger partial charge in [-0.15, -0.1) is 0 Å². The zero-order valence-electron chi connectivity index (χ0n) is 20.3. The Hall–Kier alpha value is -3.25. The molecule has 9 nitrogen and oxygen atoms in total. The van der Waals surface area contributed by atoms with Gasteiger partial charge in [0.05, 0.1) is 16.6 Å². The van der Waals surface area contributed by atoms with Gasteiger partial charge in [0.25, 0.3) is 0 Å².